The van der Waals surface area contributed by atoms with Crippen LogP contribution in [0.4, 0.5) is 0 Å². The molecular weight excluding hydrogens is 320 g/mol. The van der Waals surface area contributed by atoms with Crippen molar-refractivity contribution in [3.63, 3.8) is 0 Å². The molecule has 3 aromatic rings. The number of nitrogens with two attached hydrogens (primary N) is 1. The first-order chi connectivity index (χ1) is 9.15. The van der Waals surface area contributed by atoms with E-state index in [1.165, 1.54) is 10.4 Å². The quantitative estimate of drug-likeness (QED) is 0.754. The molecule has 1 atom stereocenters. The van der Waals surface area contributed by atoms with Crippen LogP contribution in [0.25, 0.3) is 10.9 Å². The maximum Gasteiger partial charge on any atom is 0.0731 e. The van der Waals surface area contributed by atoms with Gasteiger partial charge in [-0.15, -0.1) is 11.3 Å². The third-order valence-electron chi connectivity index (χ3n) is 3.17. The van der Waals surface area contributed by atoms with Gasteiger partial charge in [0.05, 0.1) is 15.3 Å². The lowest BCUT2D eigenvalue weighted by Crippen LogP contribution is -2.10. The lowest BCUT2D eigenvalue weighted by Gasteiger charge is -2.10. The number of rotatable bonds is 2. The molecule has 1 aromatic carbocycles. The predicted molar refractivity (Wildman–Crippen MR) is 84.5 cm³/mol. The molecule has 1 unspecified atom stereocenters. The van der Waals surface area contributed by atoms with Gasteiger partial charge in [-0.3, -0.25) is 4.98 Å². The van der Waals surface area contributed by atoms with Gasteiger partial charge >= 0.3 is 0 Å². The van der Waals surface area contributed by atoms with E-state index in [1.54, 1.807) is 11.3 Å². The zero-order valence-electron chi connectivity index (χ0n) is 10.4. The standard InChI is InChI=1S/C15H13BrN2S/c1-9-7-13(19-15(9)16)14(17)11-4-5-12-10(8-11)3-2-6-18-12/h2-8,14H,17H2,1H3. The van der Waals surface area contributed by atoms with E-state index < -0.39 is 0 Å². The number of hydrogen-bond acceptors (Lipinski definition) is 3. The second-order valence-electron chi connectivity index (χ2n) is 4.54. The van der Waals surface area contributed by atoms with Crippen LogP contribution < -0.4 is 5.73 Å². The Bertz CT molecular complexity index is 716. The molecule has 3 rings (SSSR count). The van der Waals surface area contributed by atoms with E-state index in [0.717, 1.165) is 20.3 Å². The first-order valence-electron chi connectivity index (χ1n) is 6.01. The Hall–Kier alpha value is -1.23. The lowest BCUT2D eigenvalue weighted by atomic mass is 10.0. The molecule has 96 valence electrons. The van der Waals surface area contributed by atoms with Crippen molar-refractivity contribution in [2.75, 3.05) is 0 Å². The number of aryl methyl sites for hydroxylation is 1. The van der Waals surface area contributed by atoms with Crippen molar-refractivity contribution in [2.45, 2.75) is 13.0 Å². The van der Waals surface area contributed by atoms with E-state index in [2.05, 4.69) is 52.1 Å². The number of nitrogens with zero attached hydrogens (tertiary/aromatic N) is 1. The highest BCUT2D eigenvalue weighted by Crippen LogP contribution is 2.33. The molecule has 0 radical (unpaired) electrons. The Morgan fingerprint density at radius 3 is 2.84 bits per heavy atom. The van der Waals surface area contributed by atoms with Gasteiger partial charge in [-0.25, -0.2) is 0 Å². The minimum atomic E-state index is -0.0837. The summed E-state index contributed by atoms with van der Waals surface area (Å²) in [5.74, 6) is 0. The highest BCUT2D eigenvalue weighted by molar-refractivity contribution is 9.11. The Kier molecular flexibility index (Phi) is 3.39. The monoisotopic (exact) mass is 332 g/mol. The number of benzene rings is 1. The van der Waals surface area contributed by atoms with Crippen LogP contribution in [0.2, 0.25) is 0 Å². The highest BCUT2D eigenvalue weighted by Gasteiger charge is 2.13. The first-order valence-corrected chi connectivity index (χ1v) is 7.62. The van der Waals surface area contributed by atoms with Crippen LogP contribution in [0.3, 0.4) is 0 Å². The summed E-state index contributed by atoms with van der Waals surface area (Å²) in [5.41, 5.74) is 9.71. The van der Waals surface area contributed by atoms with Crippen LogP contribution in [0.15, 0.2) is 46.4 Å². The van der Waals surface area contributed by atoms with Gasteiger partial charge in [0.2, 0.25) is 0 Å². The summed E-state index contributed by atoms with van der Waals surface area (Å²) in [6.07, 6.45) is 1.81. The van der Waals surface area contributed by atoms with Gasteiger partial charge in [-0.05, 0) is 58.2 Å². The molecule has 0 spiro atoms. The van der Waals surface area contributed by atoms with Crippen molar-refractivity contribution in [3.8, 4) is 0 Å². The molecule has 19 heavy (non-hydrogen) atoms. The molecule has 0 aliphatic carbocycles. The summed E-state index contributed by atoms with van der Waals surface area (Å²) in [6.45, 7) is 2.08. The molecule has 4 heteroatoms. The van der Waals surface area contributed by atoms with E-state index in [0.29, 0.717) is 0 Å². The van der Waals surface area contributed by atoms with Crippen molar-refractivity contribution in [1.29, 1.82) is 0 Å². The molecule has 2 nitrogen and oxygen atoms in total. The number of pyridine rings is 1. The molecule has 2 N–H and O–H groups in total. The Balaban J connectivity index is 2.03. The van der Waals surface area contributed by atoms with E-state index >= 15 is 0 Å². The van der Waals surface area contributed by atoms with Gasteiger partial charge in [0.15, 0.2) is 0 Å². The zero-order valence-corrected chi connectivity index (χ0v) is 12.8. The predicted octanol–water partition coefficient (Wildman–Crippen LogP) is 4.42. The van der Waals surface area contributed by atoms with Gasteiger partial charge in [0, 0.05) is 16.5 Å². The van der Waals surface area contributed by atoms with E-state index in [9.17, 15) is 0 Å². The van der Waals surface area contributed by atoms with Gasteiger partial charge in [-0.1, -0.05) is 12.1 Å². The number of thiophene rings is 1. The molecule has 2 aromatic heterocycles. The van der Waals surface area contributed by atoms with Gasteiger partial charge < -0.3 is 5.73 Å². The molecule has 0 saturated heterocycles. The van der Waals surface area contributed by atoms with E-state index in [-0.39, 0.29) is 6.04 Å². The second-order valence-corrected chi connectivity index (χ2v) is 6.94. The van der Waals surface area contributed by atoms with Gasteiger partial charge in [0.25, 0.3) is 0 Å². The number of fused-ring (bicyclic) bond motifs is 1. The van der Waals surface area contributed by atoms with Gasteiger partial charge in [-0.2, -0.15) is 0 Å². The zero-order chi connectivity index (χ0) is 13.4. The topological polar surface area (TPSA) is 38.9 Å². The first kappa shape index (κ1) is 12.8. The van der Waals surface area contributed by atoms with E-state index in [4.69, 9.17) is 5.73 Å². The molecular formula is C15H13BrN2S. The third-order valence-corrected chi connectivity index (χ3v) is 5.39. The Morgan fingerprint density at radius 2 is 2.11 bits per heavy atom. The van der Waals surface area contributed by atoms with Gasteiger partial charge in [0.1, 0.15) is 0 Å². The molecule has 0 saturated carbocycles. The fourth-order valence-corrected chi connectivity index (χ4v) is 3.69. The average molecular weight is 333 g/mol. The van der Waals surface area contributed by atoms with Crippen LogP contribution >= 0.6 is 27.3 Å². The van der Waals surface area contributed by atoms with Crippen molar-refractivity contribution in [3.05, 3.63) is 62.4 Å². The maximum absolute atomic E-state index is 6.36. The second kappa shape index (κ2) is 5.04. The van der Waals surface area contributed by atoms with Crippen LogP contribution in [-0.2, 0) is 0 Å². The summed E-state index contributed by atoms with van der Waals surface area (Å²) in [4.78, 5) is 5.50. The molecule has 2 heterocycles. The molecule has 0 aliphatic heterocycles. The Labute approximate surface area is 124 Å². The number of aromatic nitrogens is 1. The van der Waals surface area contributed by atoms with Crippen LogP contribution in [0, 0.1) is 6.92 Å². The van der Waals surface area contributed by atoms with E-state index in [1.807, 2.05) is 18.3 Å². The third kappa shape index (κ3) is 2.43. The van der Waals surface area contributed by atoms with Crippen molar-refractivity contribution < 1.29 is 0 Å². The maximum atomic E-state index is 6.36. The largest absolute Gasteiger partial charge is 0.320 e. The fourth-order valence-electron chi connectivity index (χ4n) is 2.09. The number of hydrogen-bond donors (Lipinski definition) is 1. The molecule has 0 fully saturated rings. The highest BCUT2D eigenvalue weighted by atomic mass is 79.9. The summed E-state index contributed by atoms with van der Waals surface area (Å²) < 4.78 is 1.15. The van der Waals surface area contributed by atoms with Crippen LogP contribution in [-0.4, -0.2) is 4.98 Å². The minimum Gasteiger partial charge on any atom is -0.320 e. The fraction of sp³-hybridized carbons (Fsp3) is 0.133. The molecule has 0 aliphatic rings. The molecule has 0 amide bonds. The molecule has 0 bridgehead atoms. The minimum absolute atomic E-state index is 0.0837. The Morgan fingerprint density at radius 1 is 1.26 bits per heavy atom. The van der Waals surface area contributed by atoms with Crippen LogP contribution in [0.1, 0.15) is 22.0 Å². The summed E-state index contributed by atoms with van der Waals surface area (Å²) in [6, 6.07) is 12.3. The summed E-state index contributed by atoms with van der Waals surface area (Å²) in [5, 5.41) is 1.13. The SMILES string of the molecule is Cc1cc(C(N)c2ccc3ncccc3c2)sc1Br. The average Bonchev–Trinajstić information content (AvgIpc) is 2.77. The lowest BCUT2D eigenvalue weighted by molar-refractivity contribution is 0.894. The van der Waals surface area contributed by atoms with Crippen molar-refractivity contribution in [2.24, 2.45) is 5.73 Å². The smallest absolute Gasteiger partial charge is 0.0731 e. The summed E-state index contributed by atoms with van der Waals surface area (Å²) >= 11 is 5.25. The number of halogens is 1. The van der Waals surface area contributed by atoms with Crippen molar-refractivity contribution in [1.82, 2.24) is 4.98 Å². The van der Waals surface area contributed by atoms with Crippen molar-refractivity contribution >= 4 is 38.2 Å². The summed E-state index contributed by atoms with van der Waals surface area (Å²) in [7, 11) is 0. The van der Waals surface area contributed by atoms with Crippen LogP contribution in [0.5, 0.6) is 0 Å². The normalized spacial score (nSPS) is 12.8.